The second-order valence-electron chi connectivity index (χ2n) is 8.42. The zero-order valence-corrected chi connectivity index (χ0v) is 19.6. The predicted molar refractivity (Wildman–Crippen MR) is 125 cm³/mol. The van der Waals surface area contributed by atoms with Crippen molar-refractivity contribution in [1.29, 1.82) is 5.41 Å². The summed E-state index contributed by atoms with van der Waals surface area (Å²) in [6.07, 6.45) is 1.94. The molecule has 0 radical (unpaired) electrons. The van der Waals surface area contributed by atoms with Crippen LogP contribution in [0.2, 0.25) is 5.02 Å². The summed E-state index contributed by atoms with van der Waals surface area (Å²) in [5, 5.41) is 11.5. The van der Waals surface area contributed by atoms with Gasteiger partial charge in [-0.3, -0.25) is 15.2 Å². The third-order valence-electron chi connectivity index (χ3n) is 6.26. The van der Waals surface area contributed by atoms with Crippen LogP contribution >= 0.6 is 11.6 Å². The van der Waals surface area contributed by atoms with Gasteiger partial charge >= 0.3 is 0 Å². The molecule has 0 bridgehead atoms. The van der Waals surface area contributed by atoms with E-state index in [1.54, 1.807) is 48.3 Å². The number of benzene rings is 2. The highest BCUT2D eigenvalue weighted by Gasteiger charge is 2.33. The van der Waals surface area contributed by atoms with E-state index in [0.29, 0.717) is 29.9 Å². The fraction of sp³-hybridized carbons (Fsp3) is 0.455. The van der Waals surface area contributed by atoms with Gasteiger partial charge in [0.25, 0.3) is 5.91 Å². The number of hydrogen-bond donors (Lipinski definition) is 2. The topological polar surface area (TPSA) is 96.8 Å². The average Bonchev–Trinajstić information content (AvgIpc) is 2.78. The third kappa shape index (κ3) is 4.91. The maximum atomic E-state index is 13.1. The molecule has 0 unspecified atom stereocenters. The van der Waals surface area contributed by atoms with E-state index in [2.05, 4.69) is 10.3 Å². The van der Waals surface area contributed by atoms with Crippen molar-refractivity contribution in [3.05, 3.63) is 41.4 Å². The highest BCUT2D eigenvalue weighted by Crippen LogP contribution is 2.25. The van der Waals surface area contributed by atoms with Gasteiger partial charge in [-0.2, -0.15) is 4.31 Å². The number of halogens is 1. The summed E-state index contributed by atoms with van der Waals surface area (Å²) in [7, 11) is -3.77. The molecule has 0 spiro atoms. The zero-order chi connectivity index (χ0) is 22.9. The molecule has 2 saturated heterocycles. The van der Waals surface area contributed by atoms with Gasteiger partial charge in [0.05, 0.1) is 23.8 Å². The van der Waals surface area contributed by atoms with Crippen molar-refractivity contribution < 1.29 is 13.2 Å². The Labute approximate surface area is 193 Å². The Bertz CT molecular complexity index is 1130. The molecular weight excluding hydrogens is 450 g/mol. The number of carbonyl (C=O) groups is 1. The minimum Gasteiger partial charge on any atom is -0.361 e. The predicted octanol–water partition coefficient (Wildman–Crippen LogP) is 2.54. The number of hydrazine groups is 1. The number of sulfonamides is 1. The lowest BCUT2D eigenvalue weighted by atomic mass is 9.97. The number of hydrogen-bond acceptors (Lipinski definition) is 5. The molecule has 8 nitrogen and oxygen atoms in total. The van der Waals surface area contributed by atoms with Crippen molar-refractivity contribution in [2.24, 2.45) is 5.92 Å². The number of amidine groups is 1. The van der Waals surface area contributed by atoms with Gasteiger partial charge < -0.3 is 4.90 Å². The minimum absolute atomic E-state index is 0.176. The number of piperazine rings is 1. The van der Waals surface area contributed by atoms with E-state index in [1.165, 1.54) is 4.31 Å². The lowest BCUT2D eigenvalue weighted by molar-refractivity contribution is -0.137. The van der Waals surface area contributed by atoms with Crippen LogP contribution in [-0.4, -0.2) is 73.6 Å². The number of likely N-dealkylation sites (tertiary alicyclic amines) is 1. The maximum absolute atomic E-state index is 13.1. The molecule has 0 saturated carbocycles. The summed E-state index contributed by atoms with van der Waals surface area (Å²) >= 11 is 6.01. The number of nitrogens with one attached hydrogen (secondary N) is 2. The van der Waals surface area contributed by atoms with Gasteiger partial charge in [-0.1, -0.05) is 23.7 Å². The largest absolute Gasteiger partial charge is 0.361 e. The average molecular weight is 478 g/mol. The molecule has 172 valence electrons. The summed E-state index contributed by atoms with van der Waals surface area (Å²) in [6.45, 7) is 4.57. The summed E-state index contributed by atoms with van der Waals surface area (Å²) < 4.78 is 27.5. The number of amides is 1. The fourth-order valence-corrected chi connectivity index (χ4v) is 5.84. The van der Waals surface area contributed by atoms with Crippen LogP contribution in [0.3, 0.4) is 0 Å². The Morgan fingerprint density at radius 2 is 1.78 bits per heavy atom. The van der Waals surface area contributed by atoms with E-state index in [9.17, 15) is 13.2 Å². The first kappa shape index (κ1) is 23.0. The number of piperidine rings is 1. The van der Waals surface area contributed by atoms with Crippen molar-refractivity contribution in [2.45, 2.75) is 24.7 Å². The summed E-state index contributed by atoms with van der Waals surface area (Å²) in [5.74, 6) is 0.783. The van der Waals surface area contributed by atoms with E-state index in [-0.39, 0.29) is 23.9 Å². The molecule has 10 heteroatoms. The summed E-state index contributed by atoms with van der Waals surface area (Å²) in [5.41, 5.74) is 3.20. The third-order valence-corrected chi connectivity index (χ3v) is 8.33. The summed E-state index contributed by atoms with van der Waals surface area (Å²) in [4.78, 5) is 14.9. The first-order chi connectivity index (χ1) is 15.2. The number of rotatable bonds is 5. The first-order valence-electron chi connectivity index (χ1n) is 10.8. The molecule has 0 aliphatic carbocycles. The van der Waals surface area contributed by atoms with Gasteiger partial charge in [0.15, 0.2) is 0 Å². The molecule has 0 aromatic heterocycles. The monoisotopic (exact) mass is 477 g/mol. The molecule has 32 heavy (non-hydrogen) atoms. The van der Waals surface area contributed by atoms with Gasteiger partial charge in [-0.05, 0) is 60.7 Å². The van der Waals surface area contributed by atoms with Gasteiger partial charge in [0.2, 0.25) is 10.0 Å². The fourth-order valence-electron chi connectivity index (χ4n) is 4.24. The number of nitrogens with zero attached hydrogens (tertiary/aromatic N) is 3. The summed E-state index contributed by atoms with van der Waals surface area (Å²) in [6, 6.07) is 10.2. The lowest BCUT2D eigenvalue weighted by Gasteiger charge is -2.36. The van der Waals surface area contributed by atoms with Gasteiger partial charge in [-0.15, -0.1) is 0 Å². The molecule has 1 amide bonds. The van der Waals surface area contributed by atoms with Crippen LogP contribution in [0.15, 0.2) is 41.3 Å². The molecule has 2 aliphatic heterocycles. The van der Waals surface area contributed by atoms with Crippen LogP contribution in [0.5, 0.6) is 0 Å². The SMILES string of the molecule is CC(=N)N1CCC(CNN2CCN(S(=O)(=O)c3ccc4cc(Cl)ccc4c3)CC2=O)CC1. The molecule has 4 rings (SSSR count). The Balaban J connectivity index is 1.35. The zero-order valence-electron chi connectivity index (χ0n) is 18.1. The van der Waals surface area contributed by atoms with Crippen molar-refractivity contribution in [3.63, 3.8) is 0 Å². The van der Waals surface area contributed by atoms with Crippen molar-refractivity contribution in [1.82, 2.24) is 19.6 Å². The smallest absolute Gasteiger partial charge is 0.252 e. The second kappa shape index (κ2) is 9.35. The van der Waals surface area contributed by atoms with Gasteiger partial charge in [-0.25, -0.2) is 13.8 Å². The van der Waals surface area contributed by atoms with E-state index in [0.717, 1.165) is 36.7 Å². The van der Waals surface area contributed by atoms with Gasteiger partial charge in [0, 0.05) is 31.2 Å². The molecule has 0 atom stereocenters. The molecule has 2 heterocycles. The second-order valence-corrected chi connectivity index (χ2v) is 10.8. The van der Waals surface area contributed by atoms with Crippen LogP contribution < -0.4 is 5.43 Å². The van der Waals surface area contributed by atoms with E-state index >= 15 is 0 Å². The van der Waals surface area contributed by atoms with E-state index < -0.39 is 10.0 Å². The van der Waals surface area contributed by atoms with Crippen LogP contribution in [0.4, 0.5) is 0 Å². The molecule has 2 fully saturated rings. The van der Waals surface area contributed by atoms with Crippen molar-refractivity contribution in [2.75, 3.05) is 39.3 Å². The van der Waals surface area contributed by atoms with Crippen molar-refractivity contribution in [3.8, 4) is 0 Å². The normalized spacial score (nSPS) is 19.0. The molecule has 2 N–H and O–H groups in total. The van der Waals surface area contributed by atoms with Crippen LogP contribution in [-0.2, 0) is 14.8 Å². The molecular formula is C22H28ClN5O3S. The van der Waals surface area contributed by atoms with E-state index in [4.69, 9.17) is 17.0 Å². The van der Waals surface area contributed by atoms with Crippen molar-refractivity contribution >= 4 is 44.1 Å². The number of fused-ring (bicyclic) bond motifs is 1. The van der Waals surface area contributed by atoms with E-state index in [1.807, 2.05) is 0 Å². The molecule has 2 aromatic carbocycles. The molecule has 2 aliphatic rings. The standard InChI is InChI=1S/C22H28ClN5O3S/c1-16(24)26-8-6-17(7-9-26)14-25-28-11-10-27(15-22(28)29)32(30,31)21-5-3-18-12-20(23)4-2-19(18)13-21/h2-5,12-13,17,24-25H,6-11,14-15H2,1H3. The Morgan fingerprint density at radius 3 is 2.47 bits per heavy atom. The van der Waals surface area contributed by atoms with Gasteiger partial charge in [0.1, 0.15) is 0 Å². The first-order valence-corrected chi connectivity index (χ1v) is 12.6. The quantitative estimate of drug-likeness (QED) is 0.509. The van der Waals surface area contributed by atoms with Crippen LogP contribution in [0.1, 0.15) is 19.8 Å². The highest BCUT2D eigenvalue weighted by molar-refractivity contribution is 7.89. The van der Waals surface area contributed by atoms with Crippen LogP contribution in [0, 0.1) is 11.3 Å². The highest BCUT2D eigenvalue weighted by atomic mass is 35.5. The Kier molecular flexibility index (Phi) is 6.71. The maximum Gasteiger partial charge on any atom is 0.252 e. The number of carbonyl (C=O) groups excluding carboxylic acids is 1. The Hall–Kier alpha value is -2.20. The lowest BCUT2D eigenvalue weighted by Crippen LogP contribution is -2.57. The molecule has 2 aromatic rings. The minimum atomic E-state index is -3.77. The Morgan fingerprint density at radius 1 is 1.09 bits per heavy atom. The van der Waals surface area contributed by atoms with Crippen LogP contribution in [0.25, 0.3) is 10.8 Å².